The molecular weight excluding hydrogens is 196 g/mol. The van der Waals surface area contributed by atoms with E-state index >= 15 is 0 Å². The first-order chi connectivity index (χ1) is 5.83. The molecule has 1 radical (unpaired) electrons. The van der Waals surface area contributed by atoms with Crippen molar-refractivity contribution in [3.63, 3.8) is 0 Å². The number of hydrogen-bond donors (Lipinski definition) is 0. The van der Waals surface area contributed by atoms with Crippen LogP contribution in [0.4, 0.5) is 0 Å². The Hall–Kier alpha value is -0.920. The maximum atomic E-state index is 8.52. The predicted molar refractivity (Wildman–Crippen MR) is 44.1 cm³/mol. The van der Waals surface area contributed by atoms with E-state index in [1.165, 1.54) is 0 Å². The van der Waals surface area contributed by atoms with E-state index in [1.54, 1.807) is 0 Å². The maximum Gasteiger partial charge on any atom is 1.00 e. The molecule has 75 valence electrons. The second-order valence-corrected chi connectivity index (χ2v) is 3.02. The van der Waals surface area contributed by atoms with E-state index in [0.717, 1.165) is 6.54 Å². The first-order valence-corrected chi connectivity index (χ1v) is 4.77. The summed E-state index contributed by atoms with van der Waals surface area (Å²) in [6.07, 6.45) is 3.98. The van der Waals surface area contributed by atoms with E-state index < -0.39 is 10.4 Å². The fourth-order valence-corrected chi connectivity index (χ4v) is 0.626. The zero-order valence-corrected chi connectivity index (χ0v) is 8.11. The summed E-state index contributed by atoms with van der Waals surface area (Å²) < 4.78 is 34.1. The molecule has 0 N–H and O–H groups in total. The molecule has 0 aliphatic carbocycles. The first kappa shape index (κ1) is 12.1. The molecule has 6 nitrogen and oxygen atoms in total. The van der Waals surface area contributed by atoms with Gasteiger partial charge in [0, 0.05) is 10.4 Å². The molecule has 0 bridgehead atoms. The normalized spacial score (nSPS) is 15.1. The van der Waals surface area contributed by atoms with Gasteiger partial charge >= 0.3 is 8.10 Å². The van der Waals surface area contributed by atoms with Crippen molar-refractivity contribution in [2.75, 3.05) is 13.6 Å². The van der Waals surface area contributed by atoms with E-state index in [9.17, 15) is 0 Å². The summed E-state index contributed by atoms with van der Waals surface area (Å²) in [5.74, 6) is 0. The molecule has 1 rings (SSSR count). The Kier molecular flexibility index (Phi) is 4.60. The SMILES string of the molecule is CCN1[C+]N(C)C=C1.O=S(=O)([O-])[O-].[H+]. The molecule has 0 aromatic heterocycles. The van der Waals surface area contributed by atoms with Gasteiger partial charge in [-0.3, -0.25) is 8.42 Å². The van der Waals surface area contributed by atoms with Gasteiger partial charge in [0.2, 0.25) is 0 Å². The van der Waals surface area contributed by atoms with Crippen LogP contribution in [0.1, 0.15) is 8.35 Å². The highest BCUT2D eigenvalue weighted by atomic mass is 32.3. The van der Waals surface area contributed by atoms with Crippen LogP contribution >= 0.6 is 0 Å². The summed E-state index contributed by atoms with van der Waals surface area (Å²) in [4.78, 5) is 3.91. The highest BCUT2D eigenvalue weighted by Gasteiger charge is 2.25. The van der Waals surface area contributed by atoms with Gasteiger partial charge in [-0.05, 0) is 6.92 Å². The van der Waals surface area contributed by atoms with Gasteiger partial charge in [0.05, 0.1) is 26.0 Å². The first-order valence-electron chi connectivity index (χ1n) is 3.43. The Bertz CT molecular complexity index is 259. The Morgan fingerprint density at radius 3 is 2.08 bits per heavy atom. The number of nitrogens with zero attached hydrogens (tertiary/aromatic N) is 2. The van der Waals surface area contributed by atoms with E-state index in [2.05, 4.69) is 13.6 Å². The fraction of sp³-hybridized carbons (Fsp3) is 0.500. The third kappa shape index (κ3) is 8.99. The van der Waals surface area contributed by atoms with Gasteiger partial charge < -0.3 is 9.11 Å². The van der Waals surface area contributed by atoms with Gasteiger partial charge in [-0.15, -0.1) is 9.80 Å². The molecule has 0 spiro atoms. The minimum absolute atomic E-state index is 0. The molecule has 1 aliphatic heterocycles. The van der Waals surface area contributed by atoms with Crippen molar-refractivity contribution in [2.24, 2.45) is 0 Å². The Balaban J connectivity index is 0. The van der Waals surface area contributed by atoms with Crippen molar-refractivity contribution in [3.8, 4) is 0 Å². The molecular formula is C6H11N2O4S. The highest BCUT2D eigenvalue weighted by Crippen LogP contribution is 2.06. The molecule has 0 unspecified atom stereocenters. The largest absolute Gasteiger partial charge is 1.00 e. The molecule has 0 atom stereocenters. The van der Waals surface area contributed by atoms with Crippen molar-refractivity contribution in [1.29, 1.82) is 0 Å². The van der Waals surface area contributed by atoms with Crippen LogP contribution in [0, 0.1) is 6.67 Å². The number of rotatable bonds is 1. The number of hydrogen-bond acceptors (Lipinski definition) is 6. The van der Waals surface area contributed by atoms with Gasteiger partial charge in [0.1, 0.15) is 0 Å². The second kappa shape index (κ2) is 4.95. The molecule has 0 saturated carbocycles. The van der Waals surface area contributed by atoms with Gasteiger partial charge in [-0.1, -0.05) is 0 Å². The van der Waals surface area contributed by atoms with Crippen molar-refractivity contribution in [1.82, 2.24) is 9.80 Å². The summed E-state index contributed by atoms with van der Waals surface area (Å²) >= 11 is 0. The third-order valence-corrected chi connectivity index (χ3v) is 1.10. The zero-order valence-electron chi connectivity index (χ0n) is 8.30. The van der Waals surface area contributed by atoms with Gasteiger partial charge in [-0.2, -0.15) is 0 Å². The zero-order chi connectivity index (χ0) is 10.5. The van der Waals surface area contributed by atoms with Crippen molar-refractivity contribution >= 4 is 10.4 Å². The van der Waals surface area contributed by atoms with Crippen LogP contribution in [0.5, 0.6) is 0 Å². The highest BCUT2D eigenvalue weighted by molar-refractivity contribution is 7.79. The van der Waals surface area contributed by atoms with E-state index in [-0.39, 0.29) is 1.43 Å². The molecule has 0 fully saturated rings. The Morgan fingerprint density at radius 1 is 1.46 bits per heavy atom. The monoisotopic (exact) mass is 207 g/mol. The maximum absolute atomic E-state index is 8.52. The van der Waals surface area contributed by atoms with Crippen LogP contribution in [0.3, 0.4) is 0 Å². The molecule has 0 amide bonds. The molecule has 0 aromatic carbocycles. The quantitative estimate of drug-likeness (QED) is 0.327. The van der Waals surface area contributed by atoms with E-state index in [0.29, 0.717) is 0 Å². The van der Waals surface area contributed by atoms with E-state index in [4.69, 9.17) is 17.5 Å². The van der Waals surface area contributed by atoms with Gasteiger partial charge in [0.25, 0.3) is 0 Å². The minimum atomic E-state index is -5.17. The van der Waals surface area contributed by atoms with Crippen LogP contribution in [-0.2, 0) is 10.4 Å². The Morgan fingerprint density at radius 2 is 1.92 bits per heavy atom. The van der Waals surface area contributed by atoms with Crippen molar-refractivity contribution in [3.05, 3.63) is 19.1 Å². The summed E-state index contributed by atoms with van der Waals surface area (Å²) in [6, 6.07) is 0. The molecule has 0 aromatic rings. The smallest absolute Gasteiger partial charge is 0.759 e. The standard InChI is InChI=1S/C6H10N2.H2O4S/c1-3-8-5-4-7(2)6-8;1-5(2,3)4/h4-5H,3H2,1-2H3;(H2,1,2,3,4)/q+1;/p-1. The second-order valence-electron chi connectivity index (χ2n) is 2.20. The lowest BCUT2D eigenvalue weighted by molar-refractivity contribution is 0.352. The minimum Gasteiger partial charge on any atom is -0.759 e. The molecule has 1 heterocycles. The van der Waals surface area contributed by atoms with Gasteiger partial charge in [-0.25, -0.2) is 0 Å². The van der Waals surface area contributed by atoms with Crippen molar-refractivity contribution in [2.45, 2.75) is 6.92 Å². The topological polar surface area (TPSA) is 86.7 Å². The lowest BCUT2D eigenvalue weighted by atomic mass is 10.6. The van der Waals surface area contributed by atoms with Crippen LogP contribution in [-0.4, -0.2) is 40.9 Å². The molecule has 7 heteroatoms. The fourth-order valence-electron chi connectivity index (χ4n) is 0.626. The van der Waals surface area contributed by atoms with Gasteiger partial charge in [0.15, 0.2) is 0 Å². The summed E-state index contributed by atoms with van der Waals surface area (Å²) in [5.41, 5.74) is 0. The van der Waals surface area contributed by atoms with Crippen LogP contribution in [0.25, 0.3) is 0 Å². The summed E-state index contributed by atoms with van der Waals surface area (Å²) in [7, 11) is -3.20. The predicted octanol–water partition coefficient (Wildman–Crippen LogP) is -0.504. The molecule has 0 saturated heterocycles. The summed E-state index contributed by atoms with van der Waals surface area (Å²) in [5, 5.41) is 0. The third-order valence-electron chi connectivity index (χ3n) is 1.10. The van der Waals surface area contributed by atoms with Crippen molar-refractivity contribution < 1.29 is 18.9 Å². The van der Waals surface area contributed by atoms with Crippen LogP contribution < -0.4 is 0 Å². The lowest BCUT2D eigenvalue weighted by Gasteiger charge is -2.06. The lowest BCUT2D eigenvalue weighted by Crippen LogP contribution is -2.15. The van der Waals surface area contributed by atoms with Crippen LogP contribution in [0.2, 0.25) is 0 Å². The average Bonchev–Trinajstić information content (AvgIpc) is 2.31. The molecule has 1 aliphatic rings. The van der Waals surface area contributed by atoms with E-state index in [1.807, 2.05) is 29.2 Å². The summed E-state index contributed by atoms with van der Waals surface area (Å²) in [6.45, 7) is 6.15. The van der Waals surface area contributed by atoms with Crippen LogP contribution in [0.15, 0.2) is 12.4 Å². The molecule has 13 heavy (non-hydrogen) atoms. The average molecular weight is 207 g/mol. The Labute approximate surface area is 79.5 Å².